The molecule has 2 atom stereocenters. The third-order valence-corrected chi connectivity index (χ3v) is 3.58. The Morgan fingerprint density at radius 3 is 2.93 bits per heavy atom. The van der Waals surface area contributed by atoms with E-state index in [4.69, 9.17) is 11.6 Å². The average Bonchev–Trinajstić information content (AvgIpc) is 2.71. The summed E-state index contributed by atoms with van der Waals surface area (Å²) in [5.74, 6) is 0.550. The summed E-state index contributed by atoms with van der Waals surface area (Å²) >= 11 is 6.18. The van der Waals surface area contributed by atoms with Crippen LogP contribution >= 0.6 is 11.6 Å². The molecule has 1 heterocycles. The summed E-state index contributed by atoms with van der Waals surface area (Å²) in [6, 6.07) is 8.88. The van der Waals surface area contributed by atoms with E-state index in [-0.39, 0.29) is 0 Å². The van der Waals surface area contributed by atoms with Crippen LogP contribution < -0.4 is 5.32 Å². The lowest BCUT2D eigenvalue weighted by atomic mass is 9.93. The quantitative estimate of drug-likeness (QED) is 0.826. The van der Waals surface area contributed by atoms with Crippen molar-refractivity contribution < 1.29 is 0 Å². The second-order valence-corrected chi connectivity index (χ2v) is 4.86. The summed E-state index contributed by atoms with van der Waals surface area (Å²) in [4.78, 5) is 0. The van der Waals surface area contributed by atoms with Gasteiger partial charge in [-0.2, -0.15) is 0 Å². The van der Waals surface area contributed by atoms with Gasteiger partial charge in [-0.05, 0) is 43.4 Å². The minimum Gasteiger partial charge on any atom is -0.314 e. The molecule has 15 heavy (non-hydrogen) atoms. The molecule has 2 rings (SSSR count). The van der Waals surface area contributed by atoms with E-state index in [0.717, 1.165) is 5.02 Å². The SMILES string of the molecule is CC(CC1CCCN1)c1ccccc1Cl. The van der Waals surface area contributed by atoms with Gasteiger partial charge in [-0.3, -0.25) is 0 Å². The normalized spacial score (nSPS) is 22.9. The van der Waals surface area contributed by atoms with Crippen LogP contribution in [0.1, 0.15) is 37.7 Å². The first-order valence-electron chi connectivity index (χ1n) is 5.75. The van der Waals surface area contributed by atoms with Crippen molar-refractivity contribution >= 4 is 11.6 Å². The molecule has 1 aliphatic rings. The van der Waals surface area contributed by atoms with Crippen molar-refractivity contribution in [3.05, 3.63) is 34.9 Å². The van der Waals surface area contributed by atoms with E-state index in [2.05, 4.69) is 24.4 Å². The Labute approximate surface area is 96.8 Å². The van der Waals surface area contributed by atoms with Crippen LogP contribution in [0.5, 0.6) is 0 Å². The molecule has 0 aromatic heterocycles. The van der Waals surface area contributed by atoms with Gasteiger partial charge in [0.15, 0.2) is 0 Å². The maximum atomic E-state index is 6.18. The number of benzene rings is 1. The van der Waals surface area contributed by atoms with E-state index in [0.29, 0.717) is 12.0 Å². The summed E-state index contributed by atoms with van der Waals surface area (Å²) in [5.41, 5.74) is 1.29. The van der Waals surface area contributed by atoms with Gasteiger partial charge in [0.25, 0.3) is 0 Å². The van der Waals surface area contributed by atoms with Crippen molar-refractivity contribution in [2.45, 2.75) is 38.1 Å². The van der Waals surface area contributed by atoms with E-state index < -0.39 is 0 Å². The Morgan fingerprint density at radius 1 is 1.47 bits per heavy atom. The smallest absolute Gasteiger partial charge is 0.0440 e. The fraction of sp³-hybridized carbons (Fsp3) is 0.538. The summed E-state index contributed by atoms with van der Waals surface area (Å²) in [5, 5.41) is 4.44. The van der Waals surface area contributed by atoms with Crippen LogP contribution in [0.2, 0.25) is 5.02 Å². The molecular formula is C13H18ClN. The highest BCUT2D eigenvalue weighted by Crippen LogP contribution is 2.28. The number of halogens is 1. The average molecular weight is 224 g/mol. The molecule has 0 spiro atoms. The zero-order chi connectivity index (χ0) is 10.7. The van der Waals surface area contributed by atoms with Gasteiger partial charge in [-0.15, -0.1) is 0 Å². The molecule has 0 bridgehead atoms. The predicted octanol–water partition coefficient (Wildman–Crippen LogP) is 3.59. The van der Waals surface area contributed by atoms with Gasteiger partial charge in [0, 0.05) is 11.1 Å². The highest BCUT2D eigenvalue weighted by atomic mass is 35.5. The third-order valence-electron chi connectivity index (χ3n) is 3.24. The zero-order valence-electron chi connectivity index (χ0n) is 9.17. The van der Waals surface area contributed by atoms with Gasteiger partial charge >= 0.3 is 0 Å². The van der Waals surface area contributed by atoms with Crippen LogP contribution in [-0.4, -0.2) is 12.6 Å². The standard InChI is InChI=1S/C13H18ClN/c1-10(9-11-5-4-8-15-11)12-6-2-3-7-13(12)14/h2-3,6-7,10-11,15H,4-5,8-9H2,1H3. The molecule has 0 radical (unpaired) electrons. The first-order chi connectivity index (χ1) is 7.27. The van der Waals surface area contributed by atoms with E-state index in [9.17, 15) is 0 Å². The molecular weight excluding hydrogens is 206 g/mol. The Kier molecular flexibility index (Phi) is 3.66. The van der Waals surface area contributed by atoms with Crippen LogP contribution in [0, 0.1) is 0 Å². The summed E-state index contributed by atoms with van der Waals surface area (Å²) < 4.78 is 0. The minimum absolute atomic E-state index is 0.550. The molecule has 82 valence electrons. The molecule has 0 amide bonds. The van der Waals surface area contributed by atoms with Gasteiger partial charge in [0.05, 0.1) is 0 Å². The summed E-state index contributed by atoms with van der Waals surface area (Å²) in [6.45, 7) is 3.45. The number of nitrogens with one attached hydrogen (secondary N) is 1. The van der Waals surface area contributed by atoms with Gasteiger partial charge < -0.3 is 5.32 Å². The fourth-order valence-electron chi connectivity index (χ4n) is 2.39. The molecule has 1 nitrogen and oxygen atoms in total. The number of hydrogen-bond donors (Lipinski definition) is 1. The molecule has 1 saturated heterocycles. The molecule has 1 aromatic carbocycles. The first kappa shape index (κ1) is 11.0. The van der Waals surface area contributed by atoms with Crippen LogP contribution in [-0.2, 0) is 0 Å². The Bertz CT molecular complexity index is 318. The highest BCUT2D eigenvalue weighted by molar-refractivity contribution is 6.31. The molecule has 1 fully saturated rings. The van der Waals surface area contributed by atoms with Gasteiger partial charge in [0.2, 0.25) is 0 Å². The lowest BCUT2D eigenvalue weighted by molar-refractivity contribution is 0.510. The van der Waals surface area contributed by atoms with Gasteiger partial charge in [0.1, 0.15) is 0 Å². The second kappa shape index (κ2) is 5.00. The van der Waals surface area contributed by atoms with E-state index >= 15 is 0 Å². The van der Waals surface area contributed by atoms with Gasteiger partial charge in [-0.25, -0.2) is 0 Å². The van der Waals surface area contributed by atoms with Gasteiger partial charge in [-0.1, -0.05) is 36.7 Å². The summed E-state index contributed by atoms with van der Waals surface area (Å²) in [6.07, 6.45) is 3.83. The molecule has 2 unspecified atom stereocenters. The largest absolute Gasteiger partial charge is 0.314 e. The molecule has 0 saturated carbocycles. The van der Waals surface area contributed by atoms with Crippen molar-refractivity contribution in [3.63, 3.8) is 0 Å². The minimum atomic E-state index is 0.550. The van der Waals surface area contributed by atoms with E-state index in [1.165, 1.54) is 31.4 Å². The monoisotopic (exact) mass is 223 g/mol. The van der Waals surface area contributed by atoms with Crippen molar-refractivity contribution in [1.82, 2.24) is 5.32 Å². The van der Waals surface area contributed by atoms with Crippen LogP contribution in [0.15, 0.2) is 24.3 Å². The van der Waals surface area contributed by atoms with Crippen LogP contribution in [0.4, 0.5) is 0 Å². The number of hydrogen-bond acceptors (Lipinski definition) is 1. The molecule has 2 heteroatoms. The number of rotatable bonds is 3. The van der Waals surface area contributed by atoms with Crippen molar-refractivity contribution in [3.8, 4) is 0 Å². The third kappa shape index (κ3) is 2.73. The maximum absolute atomic E-state index is 6.18. The summed E-state index contributed by atoms with van der Waals surface area (Å²) in [7, 11) is 0. The molecule has 0 aliphatic carbocycles. The second-order valence-electron chi connectivity index (χ2n) is 4.45. The van der Waals surface area contributed by atoms with Crippen molar-refractivity contribution in [2.75, 3.05) is 6.54 Å². The first-order valence-corrected chi connectivity index (χ1v) is 6.13. The lowest BCUT2D eigenvalue weighted by Gasteiger charge is -2.18. The molecule has 1 aliphatic heterocycles. The van der Waals surface area contributed by atoms with Crippen molar-refractivity contribution in [1.29, 1.82) is 0 Å². The Morgan fingerprint density at radius 2 is 2.27 bits per heavy atom. The van der Waals surface area contributed by atoms with Crippen LogP contribution in [0.25, 0.3) is 0 Å². The lowest BCUT2D eigenvalue weighted by Crippen LogP contribution is -2.23. The fourth-order valence-corrected chi connectivity index (χ4v) is 2.71. The van der Waals surface area contributed by atoms with Crippen LogP contribution in [0.3, 0.4) is 0 Å². The Hall–Kier alpha value is -0.530. The maximum Gasteiger partial charge on any atom is 0.0440 e. The van der Waals surface area contributed by atoms with E-state index in [1.54, 1.807) is 0 Å². The van der Waals surface area contributed by atoms with Crippen molar-refractivity contribution in [2.24, 2.45) is 0 Å². The molecule has 1 aromatic rings. The zero-order valence-corrected chi connectivity index (χ0v) is 9.93. The van der Waals surface area contributed by atoms with E-state index in [1.807, 2.05) is 12.1 Å². The molecule has 1 N–H and O–H groups in total. The topological polar surface area (TPSA) is 12.0 Å². The predicted molar refractivity (Wildman–Crippen MR) is 65.5 cm³/mol. The highest BCUT2D eigenvalue weighted by Gasteiger charge is 2.18. The Balaban J connectivity index is 2.00.